The number of ether oxygens (including phenoxy) is 1. The molecule has 2 aliphatic rings. The van der Waals surface area contributed by atoms with Crippen LogP contribution in [0.3, 0.4) is 0 Å². The number of nitrogens with zero attached hydrogens (tertiary/aromatic N) is 2. The highest BCUT2D eigenvalue weighted by atomic mass is 16.5. The summed E-state index contributed by atoms with van der Waals surface area (Å²) in [6.07, 6.45) is 8.48. The Hall–Kier alpha value is -1.89. The van der Waals surface area contributed by atoms with Gasteiger partial charge in [-0.05, 0) is 32.1 Å². The van der Waals surface area contributed by atoms with Crippen LogP contribution in [0.4, 0.5) is 0 Å². The van der Waals surface area contributed by atoms with Crippen LogP contribution in [0.15, 0.2) is 0 Å². The van der Waals surface area contributed by atoms with Crippen molar-refractivity contribution in [3.05, 3.63) is 17.2 Å². The summed E-state index contributed by atoms with van der Waals surface area (Å²) in [5.74, 6) is -0.0231. The third-order valence-electron chi connectivity index (χ3n) is 5.07. The summed E-state index contributed by atoms with van der Waals surface area (Å²) in [5.41, 5.74) is 1.33. The van der Waals surface area contributed by atoms with Gasteiger partial charge in [-0.2, -0.15) is 0 Å². The SMILES string of the molecule is COCCNC(=O)c1nc(C(=O)NC2CCCCC2)c2n1CCCC2. The van der Waals surface area contributed by atoms with E-state index in [2.05, 4.69) is 15.6 Å². The number of amides is 2. The third kappa shape index (κ3) is 4.21. The Morgan fingerprint density at radius 1 is 1.16 bits per heavy atom. The first-order valence-electron chi connectivity index (χ1n) is 9.38. The zero-order valence-corrected chi connectivity index (χ0v) is 15.0. The first-order valence-corrected chi connectivity index (χ1v) is 9.38. The van der Waals surface area contributed by atoms with E-state index in [-0.39, 0.29) is 17.9 Å². The Balaban J connectivity index is 1.76. The van der Waals surface area contributed by atoms with E-state index in [1.165, 1.54) is 19.3 Å². The van der Waals surface area contributed by atoms with E-state index in [1.807, 2.05) is 4.57 Å². The lowest BCUT2D eigenvalue weighted by atomic mass is 9.95. The molecule has 1 fully saturated rings. The molecule has 0 spiro atoms. The Kier molecular flexibility index (Phi) is 6.07. The van der Waals surface area contributed by atoms with Crippen LogP contribution in [0.2, 0.25) is 0 Å². The molecular weight excluding hydrogens is 320 g/mol. The molecule has 2 N–H and O–H groups in total. The fourth-order valence-corrected chi connectivity index (χ4v) is 3.74. The van der Waals surface area contributed by atoms with Crippen molar-refractivity contribution in [1.82, 2.24) is 20.2 Å². The minimum Gasteiger partial charge on any atom is -0.383 e. The monoisotopic (exact) mass is 348 g/mol. The van der Waals surface area contributed by atoms with Crippen LogP contribution in [0.1, 0.15) is 71.7 Å². The maximum atomic E-state index is 12.7. The molecule has 138 valence electrons. The first-order chi connectivity index (χ1) is 12.2. The molecule has 2 amide bonds. The van der Waals surface area contributed by atoms with E-state index in [9.17, 15) is 9.59 Å². The minimum absolute atomic E-state index is 0.131. The van der Waals surface area contributed by atoms with Crippen molar-refractivity contribution < 1.29 is 14.3 Å². The van der Waals surface area contributed by atoms with Gasteiger partial charge in [0.15, 0.2) is 5.82 Å². The van der Waals surface area contributed by atoms with Crippen molar-refractivity contribution in [2.75, 3.05) is 20.3 Å². The number of rotatable bonds is 6. The summed E-state index contributed by atoms with van der Waals surface area (Å²) in [5, 5.41) is 5.93. The van der Waals surface area contributed by atoms with Crippen LogP contribution in [0.25, 0.3) is 0 Å². The maximum absolute atomic E-state index is 12.7. The standard InChI is InChI=1S/C18H28N4O3/c1-25-12-10-19-18(24)16-21-15(14-9-5-6-11-22(14)16)17(23)20-13-7-3-2-4-8-13/h13H,2-12H2,1H3,(H,19,24)(H,20,23). The number of aromatic nitrogens is 2. The third-order valence-corrected chi connectivity index (χ3v) is 5.07. The highest BCUT2D eigenvalue weighted by Gasteiger charge is 2.28. The molecule has 25 heavy (non-hydrogen) atoms. The second-order valence-corrected chi connectivity index (χ2v) is 6.90. The van der Waals surface area contributed by atoms with Crippen LogP contribution in [-0.2, 0) is 17.7 Å². The molecule has 2 heterocycles. The number of nitrogens with one attached hydrogen (secondary N) is 2. The van der Waals surface area contributed by atoms with Crippen molar-refractivity contribution in [2.24, 2.45) is 0 Å². The predicted molar refractivity (Wildman–Crippen MR) is 93.7 cm³/mol. The van der Waals surface area contributed by atoms with Crippen molar-refractivity contribution >= 4 is 11.8 Å². The zero-order chi connectivity index (χ0) is 17.6. The van der Waals surface area contributed by atoms with E-state index in [4.69, 9.17) is 4.74 Å². The van der Waals surface area contributed by atoms with E-state index < -0.39 is 0 Å². The maximum Gasteiger partial charge on any atom is 0.287 e. The van der Waals surface area contributed by atoms with E-state index in [1.54, 1.807) is 7.11 Å². The average molecular weight is 348 g/mol. The fourth-order valence-electron chi connectivity index (χ4n) is 3.74. The van der Waals surface area contributed by atoms with Crippen LogP contribution in [-0.4, -0.2) is 47.7 Å². The van der Waals surface area contributed by atoms with Gasteiger partial charge in [-0.1, -0.05) is 19.3 Å². The van der Waals surface area contributed by atoms with Gasteiger partial charge < -0.3 is 19.9 Å². The molecule has 1 aromatic rings. The minimum atomic E-state index is -0.239. The van der Waals surface area contributed by atoms with Gasteiger partial charge in [0.1, 0.15) is 5.69 Å². The quantitative estimate of drug-likeness (QED) is 0.766. The molecule has 0 radical (unpaired) electrons. The van der Waals surface area contributed by atoms with Crippen LogP contribution >= 0.6 is 0 Å². The van der Waals surface area contributed by atoms with Crippen molar-refractivity contribution in [1.29, 1.82) is 0 Å². The number of hydrogen-bond acceptors (Lipinski definition) is 4. The normalized spacial score (nSPS) is 17.8. The number of imidazole rings is 1. The van der Waals surface area contributed by atoms with Gasteiger partial charge in [0.2, 0.25) is 0 Å². The van der Waals surface area contributed by atoms with Gasteiger partial charge in [-0.25, -0.2) is 4.98 Å². The summed E-state index contributed by atoms with van der Waals surface area (Å²) in [6.45, 7) is 1.63. The van der Waals surface area contributed by atoms with E-state index in [0.29, 0.717) is 24.7 Å². The first kappa shape index (κ1) is 17.9. The number of fused-ring (bicyclic) bond motifs is 1. The van der Waals surface area contributed by atoms with Gasteiger partial charge in [-0.15, -0.1) is 0 Å². The molecule has 0 unspecified atom stereocenters. The lowest BCUT2D eigenvalue weighted by Gasteiger charge is -2.23. The summed E-state index contributed by atoms with van der Waals surface area (Å²) in [4.78, 5) is 29.6. The van der Waals surface area contributed by atoms with Crippen molar-refractivity contribution in [2.45, 2.75) is 64.0 Å². The summed E-state index contributed by atoms with van der Waals surface area (Å²) in [7, 11) is 1.59. The lowest BCUT2D eigenvalue weighted by molar-refractivity contribution is 0.0920. The van der Waals surface area contributed by atoms with Gasteiger partial charge in [-0.3, -0.25) is 9.59 Å². The predicted octanol–water partition coefficient (Wildman–Crippen LogP) is 1.66. The molecule has 0 bridgehead atoms. The lowest BCUT2D eigenvalue weighted by Crippen LogP contribution is -2.37. The van der Waals surface area contributed by atoms with Crippen LogP contribution in [0.5, 0.6) is 0 Å². The molecule has 1 saturated carbocycles. The average Bonchev–Trinajstić information content (AvgIpc) is 3.03. The zero-order valence-electron chi connectivity index (χ0n) is 15.0. The van der Waals surface area contributed by atoms with Gasteiger partial charge in [0, 0.05) is 26.2 Å². The topological polar surface area (TPSA) is 85.2 Å². The summed E-state index contributed by atoms with van der Waals surface area (Å²) >= 11 is 0. The Morgan fingerprint density at radius 3 is 2.72 bits per heavy atom. The largest absolute Gasteiger partial charge is 0.383 e. The Bertz CT molecular complexity index is 620. The second-order valence-electron chi connectivity index (χ2n) is 6.90. The Morgan fingerprint density at radius 2 is 1.96 bits per heavy atom. The summed E-state index contributed by atoms with van der Waals surface area (Å²) in [6, 6.07) is 0.237. The second kappa shape index (κ2) is 8.47. The number of carbonyl (C=O) groups excluding carboxylic acids is 2. The van der Waals surface area contributed by atoms with Gasteiger partial charge in [0.05, 0.1) is 12.3 Å². The molecule has 0 atom stereocenters. The molecule has 1 aliphatic heterocycles. The van der Waals surface area contributed by atoms with Gasteiger partial charge in [0.25, 0.3) is 11.8 Å². The molecule has 7 nitrogen and oxygen atoms in total. The van der Waals surface area contributed by atoms with Crippen LogP contribution < -0.4 is 10.6 Å². The highest BCUT2D eigenvalue weighted by Crippen LogP contribution is 2.22. The van der Waals surface area contributed by atoms with Gasteiger partial charge >= 0.3 is 0 Å². The smallest absolute Gasteiger partial charge is 0.287 e. The van der Waals surface area contributed by atoms with E-state index >= 15 is 0 Å². The van der Waals surface area contributed by atoms with E-state index in [0.717, 1.165) is 44.3 Å². The highest BCUT2D eigenvalue weighted by molar-refractivity contribution is 5.97. The molecular formula is C18H28N4O3. The molecule has 0 saturated heterocycles. The number of methoxy groups -OCH3 is 1. The number of carbonyl (C=O) groups is 2. The molecule has 3 rings (SSSR count). The molecule has 7 heteroatoms. The fraction of sp³-hybridized carbons (Fsp3) is 0.722. The van der Waals surface area contributed by atoms with Crippen LogP contribution in [0, 0.1) is 0 Å². The molecule has 1 aliphatic carbocycles. The summed E-state index contributed by atoms with van der Waals surface area (Å²) < 4.78 is 6.88. The van der Waals surface area contributed by atoms with Crippen molar-refractivity contribution in [3.8, 4) is 0 Å². The van der Waals surface area contributed by atoms with Crippen molar-refractivity contribution in [3.63, 3.8) is 0 Å². The molecule has 0 aromatic carbocycles. The molecule has 1 aromatic heterocycles. The number of hydrogen-bond donors (Lipinski definition) is 2. The Labute approximate surface area is 148 Å².